The summed E-state index contributed by atoms with van der Waals surface area (Å²) in [6.45, 7) is 7.19. The van der Waals surface area contributed by atoms with E-state index < -0.39 is 0 Å². The van der Waals surface area contributed by atoms with E-state index in [1.807, 2.05) is 12.1 Å². The first kappa shape index (κ1) is 19.4. The lowest BCUT2D eigenvalue weighted by atomic mass is 9.99. The highest BCUT2D eigenvalue weighted by molar-refractivity contribution is 5.92. The Balaban J connectivity index is 1.77. The van der Waals surface area contributed by atoms with E-state index in [0.717, 1.165) is 12.1 Å². The van der Waals surface area contributed by atoms with Crippen LogP contribution in [-0.2, 0) is 14.3 Å². The molecule has 0 bridgehead atoms. The minimum absolute atomic E-state index is 0.0384. The summed E-state index contributed by atoms with van der Waals surface area (Å²) in [6.07, 6.45) is 1.09. The molecule has 1 aliphatic heterocycles. The number of ether oxygens (including phenoxy) is 1. The van der Waals surface area contributed by atoms with Gasteiger partial charge >= 0.3 is 0 Å². The number of benzene rings is 1. The number of rotatable bonds is 7. The molecule has 138 valence electrons. The van der Waals surface area contributed by atoms with E-state index in [-0.39, 0.29) is 24.9 Å². The maximum Gasteiger partial charge on any atom is 0.238 e. The minimum Gasteiger partial charge on any atom is -0.378 e. The summed E-state index contributed by atoms with van der Waals surface area (Å²) in [6, 6.07) is 7.96. The van der Waals surface area contributed by atoms with E-state index >= 15 is 0 Å². The fourth-order valence-corrected chi connectivity index (χ4v) is 2.78. The predicted octanol–water partition coefficient (Wildman–Crippen LogP) is 1.93. The zero-order chi connectivity index (χ0) is 18.2. The SMILES string of the molecule is CC[C@@H](C)c1ccc(NC(=O)CN(C)CC(=O)N2CCOCC2)cc1. The predicted molar refractivity (Wildman–Crippen MR) is 98.7 cm³/mol. The summed E-state index contributed by atoms with van der Waals surface area (Å²) in [7, 11) is 1.78. The van der Waals surface area contributed by atoms with Crippen molar-refractivity contribution >= 4 is 17.5 Å². The van der Waals surface area contributed by atoms with Gasteiger partial charge in [-0.1, -0.05) is 26.0 Å². The molecule has 0 spiro atoms. The molecule has 0 unspecified atom stereocenters. The standard InChI is InChI=1S/C19H29N3O3/c1-4-15(2)16-5-7-17(8-6-16)20-18(23)13-21(3)14-19(24)22-9-11-25-12-10-22/h5-8,15H,4,9-14H2,1-3H3,(H,20,23)/t15-/m1/s1. The number of carbonyl (C=O) groups excluding carboxylic acids is 2. The Hall–Kier alpha value is -1.92. The van der Waals surface area contributed by atoms with Crippen molar-refractivity contribution in [1.82, 2.24) is 9.80 Å². The number of hydrogen-bond acceptors (Lipinski definition) is 4. The van der Waals surface area contributed by atoms with Gasteiger partial charge in [0.1, 0.15) is 0 Å². The van der Waals surface area contributed by atoms with Crippen molar-refractivity contribution < 1.29 is 14.3 Å². The summed E-state index contributed by atoms with van der Waals surface area (Å²) < 4.78 is 5.24. The number of morpholine rings is 1. The molecular formula is C19H29N3O3. The molecule has 25 heavy (non-hydrogen) atoms. The van der Waals surface area contributed by atoms with Gasteiger partial charge in [0.05, 0.1) is 26.3 Å². The van der Waals surface area contributed by atoms with Crippen LogP contribution in [0.1, 0.15) is 31.7 Å². The van der Waals surface area contributed by atoms with Gasteiger partial charge in [-0.3, -0.25) is 14.5 Å². The number of likely N-dealkylation sites (N-methyl/N-ethyl adjacent to an activating group) is 1. The largest absolute Gasteiger partial charge is 0.378 e. The van der Waals surface area contributed by atoms with Gasteiger partial charge < -0.3 is 15.0 Å². The summed E-state index contributed by atoms with van der Waals surface area (Å²) in [4.78, 5) is 27.9. The number of amides is 2. The van der Waals surface area contributed by atoms with E-state index in [4.69, 9.17) is 4.74 Å². The normalized spacial score (nSPS) is 15.9. The topological polar surface area (TPSA) is 61.9 Å². The molecule has 0 aliphatic carbocycles. The van der Waals surface area contributed by atoms with Crippen LogP contribution >= 0.6 is 0 Å². The van der Waals surface area contributed by atoms with Gasteiger partial charge in [0.25, 0.3) is 0 Å². The Morgan fingerprint density at radius 1 is 1.20 bits per heavy atom. The molecule has 0 radical (unpaired) electrons. The van der Waals surface area contributed by atoms with Crippen molar-refractivity contribution in [3.63, 3.8) is 0 Å². The number of nitrogens with zero attached hydrogens (tertiary/aromatic N) is 2. The average Bonchev–Trinajstić information content (AvgIpc) is 2.62. The maximum atomic E-state index is 12.2. The number of carbonyl (C=O) groups is 2. The molecule has 2 amide bonds. The Bertz CT molecular complexity index is 568. The fourth-order valence-electron chi connectivity index (χ4n) is 2.78. The minimum atomic E-state index is -0.117. The molecule has 1 heterocycles. The van der Waals surface area contributed by atoms with Crippen LogP contribution in [0, 0.1) is 0 Å². The van der Waals surface area contributed by atoms with Crippen molar-refractivity contribution in [1.29, 1.82) is 0 Å². The van der Waals surface area contributed by atoms with Crippen molar-refractivity contribution in [2.24, 2.45) is 0 Å². The molecule has 1 saturated heterocycles. The third-order valence-corrected chi connectivity index (χ3v) is 4.56. The van der Waals surface area contributed by atoms with Crippen LogP contribution in [0.5, 0.6) is 0 Å². The zero-order valence-corrected chi connectivity index (χ0v) is 15.5. The van der Waals surface area contributed by atoms with E-state index in [2.05, 4.69) is 31.3 Å². The van der Waals surface area contributed by atoms with E-state index in [1.54, 1.807) is 16.8 Å². The van der Waals surface area contributed by atoms with Gasteiger partial charge in [0.2, 0.25) is 11.8 Å². The van der Waals surface area contributed by atoms with E-state index in [0.29, 0.717) is 32.2 Å². The molecule has 6 nitrogen and oxygen atoms in total. The molecular weight excluding hydrogens is 318 g/mol. The smallest absolute Gasteiger partial charge is 0.238 e. The lowest BCUT2D eigenvalue weighted by molar-refractivity contribution is -0.136. The van der Waals surface area contributed by atoms with Crippen LogP contribution in [0.3, 0.4) is 0 Å². The van der Waals surface area contributed by atoms with Crippen LogP contribution in [0.4, 0.5) is 5.69 Å². The highest BCUT2D eigenvalue weighted by Gasteiger charge is 2.19. The number of anilines is 1. The van der Waals surface area contributed by atoms with E-state index in [9.17, 15) is 9.59 Å². The van der Waals surface area contributed by atoms with Crippen LogP contribution in [-0.4, -0.2) is 68.1 Å². The summed E-state index contributed by atoms with van der Waals surface area (Å²) in [5.74, 6) is 0.437. The van der Waals surface area contributed by atoms with Crippen molar-refractivity contribution in [3.05, 3.63) is 29.8 Å². The van der Waals surface area contributed by atoms with Crippen LogP contribution in [0.15, 0.2) is 24.3 Å². The molecule has 1 aromatic carbocycles. The fraction of sp³-hybridized carbons (Fsp3) is 0.579. The van der Waals surface area contributed by atoms with Gasteiger partial charge in [-0.2, -0.15) is 0 Å². The number of nitrogens with one attached hydrogen (secondary N) is 1. The van der Waals surface area contributed by atoms with Gasteiger partial charge in [0, 0.05) is 18.8 Å². The van der Waals surface area contributed by atoms with Gasteiger partial charge in [0.15, 0.2) is 0 Å². The number of hydrogen-bond donors (Lipinski definition) is 1. The average molecular weight is 347 g/mol. The van der Waals surface area contributed by atoms with Crippen LogP contribution < -0.4 is 5.32 Å². The Morgan fingerprint density at radius 2 is 1.84 bits per heavy atom. The molecule has 1 N–H and O–H groups in total. The lowest BCUT2D eigenvalue weighted by Crippen LogP contribution is -2.46. The summed E-state index contributed by atoms with van der Waals surface area (Å²) >= 11 is 0. The highest BCUT2D eigenvalue weighted by atomic mass is 16.5. The maximum absolute atomic E-state index is 12.2. The Kier molecular flexibility index (Phi) is 7.40. The first-order valence-corrected chi connectivity index (χ1v) is 8.93. The third-order valence-electron chi connectivity index (χ3n) is 4.56. The van der Waals surface area contributed by atoms with Gasteiger partial charge in [-0.25, -0.2) is 0 Å². The van der Waals surface area contributed by atoms with Crippen LogP contribution in [0.25, 0.3) is 0 Å². The Labute approximate surface area is 150 Å². The summed E-state index contributed by atoms with van der Waals surface area (Å²) in [5, 5.41) is 2.88. The third kappa shape index (κ3) is 6.14. The molecule has 1 fully saturated rings. The highest BCUT2D eigenvalue weighted by Crippen LogP contribution is 2.20. The van der Waals surface area contributed by atoms with Crippen molar-refractivity contribution in [3.8, 4) is 0 Å². The second-order valence-electron chi connectivity index (χ2n) is 6.64. The zero-order valence-electron chi connectivity index (χ0n) is 15.5. The molecule has 0 saturated carbocycles. The molecule has 1 aliphatic rings. The van der Waals surface area contributed by atoms with Gasteiger partial charge in [-0.15, -0.1) is 0 Å². The van der Waals surface area contributed by atoms with Crippen molar-refractivity contribution in [2.45, 2.75) is 26.2 Å². The summed E-state index contributed by atoms with van der Waals surface area (Å²) in [5.41, 5.74) is 2.05. The molecule has 1 atom stereocenters. The monoisotopic (exact) mass is 347 g/mol. The lowest BCUT2D eigenvalue weighted by Gasteiger charge is -2.28. The van der Waals surface area contributed by atoms with E-state index in [1.165, 1.54) is 5.56 Å². The quantitative estimate of drug-likeness (QED) is 0.819. The molecule has 0 aromatic heterocycles. The van der Waals surface area contributed by atoms with Crippen molar-refractivity contribution in [2.75, 3.05) is 51.8 Å². The Morgan fingerprint density at radius 3 is 2.44 bits per heavy atom. The van der Waals surface area contributed by atoms with Gasteiger partial charge in [-0.05, 0) is 37.1 Å². The first-order valence-electron chi connectivity index (χ1n) is 8.93. The van der Waals surface area contributed by atoms with Crippen LogP contribution in [0.2, 0.25) is 0 Å². The second-order valence-corrected chi connectivity index (χ2v) is 6.64. The first-order chi connectivity index (χ1) is 12.0. The molecule has 1 aromatic rings. The second kappa shape index (κ2) is 9.53. The molecule has 6 heteroatoms. The molecule has 2 rings (SSSR count).